The highest BCUT2D eigenvalue weighted by atomic mass is 16.1. The second kappa shape index (κ2) is 4.43. The summed E-state index contributed by atoms with van der Waals surface area (Å²) in [6, 6.07) is 12.1. The van der Waals surface area contributed by atoms with Crippen LogP contribution in [0.1, 0.15) is 18.2 Å². The monoisotopic (exact) mass is 252 g/mol. The number of benzene rings is 1. The molecule has 2 heterocycles. The van der Waals surface area contributed by atoms with Crippen LogP contribution in [0.15, 0.2) is 41.2 Å². The minimum Gasteiger partial charge on any atom is -0.354 e. The van der Waals surface area contributed by atoms with Gasteiger partial charge in [-0.1, -0.05) is 37.3 Å². The highest BCUT2D eigenvalue weighted by Crippen LogP contribution is 2.28. The summed E-state index contributed by atoms with van der Waals surface area (Å²) in [5.41, 5.74) is 5.03. The number of fused-ring (bicyclic) bond motifs is 1. The maximum Gasteiger partial charge on any atom is 0.257 e. The molecule has 0 amide bonds. The molecule has 0 bridgehead atoms. The zero-order valence-corrected chi connectivity index (χ0v) is 11.1. The maximum absolute atomic E-state index is 12.1. The van der Waals surface area contributed by atoms with E-state index in [1.807, 2.05) is 31.2 Å². The Balaban J connectivity index is 2.38. The maximum atomic E-state index is 12.1. The lowest BCUT2D eigenvalue weighted by molar-refractivity contribution is 1.14. The first-order chi connectivity index (χ1) is 9.20. The molecule has 19 heavy (non-hydrogen) atoms. The van der Waals surface area contributed by atoms with Crippen molar-refractivity contribution in [2.45, 2.75) is 20.3 Å². The van der Waals surface area contributed by atoms with E-state index in [2.05, 4.69) is 29.0 Å². The molecular formula is C16H16N2O. The standard InChI is InChI=1S/C16H16N2O/c1-3-12-14-13(9-10(2)17-16(14)19)18-15(12)11-7-5-4-6-8-11/h4-9,18H,3H2,1-2H3,(H,17,19). The molecule has 3 rings (SSSR count). The van der Waals surface area contributed by atoms with Crippen LogP contribution in [0.3, 0.4) is 0 Å². The van der Waals surface area contributed by atoms with Gasteiger partial charge in [-0.2, -0.15) is 0 Å². The van der Waals surface area contributed by atoms with Gasteiger partial charge in [0.1, 0.15) is 0 Å². The molecule has 0 aliphatic heterocycles. The van der Waals surface area contributed by atoms with Crippen LogP contribution >= 0.6 is 0 Å². The van der Waals surface area contributed by atoms with Gasteiger partial charge in [-0.3, -0.25) is 4.79 Å². The van der Waals surface area contributed by atoms with Gasteiger partial charge in [-0.05, 0) is 30.5 Å². The largest absolute Gasteiger partial charge is 0.354 e. The molecule has 0 saturated carbocycles. The molecule has 0 spiro atoms. The highest BCUT2D eigenvalue weighted by molar-refractivity contribution is 5.90. The number of nitrogens with one attached hydrogen (secondary N) is 2. The summed E-state index contributed by atoms with van der Waals surface area (Å²) < 4.78 is 0. The number of pyridine rings is 1. The number of hydrogen-bond acceptors (Lipinski definition) is 1. The van der Waals surface area contributed by atoms with Gasteiger partial charge in [0, 0.05) is 11.4 Å². The van der Waals surface area contributed by atoms with E-state index < -0.39 is 0 Å². The van der Waals surface area contributed by atoms with E-state index in [-0.39, 0.29) is 5.56 Å². The van der Waals surface area contributed by atoms with Crippen LogP contribution in [-0.4, -0.2) is 9.97 Å². The van der Waals surface area contributed by atoms with Crippen LogP contribution in [0.25, 0.3) is 22.2 Å². The van der Waals surface area contributed by atoms with Crippen molar-refractivity contribution in [2.75, 3.05) is 0 Å². The number of H-pyrrole nitrogens is 2. The number of aryl methyl sites for hydroxylation is 2. The van der Waals surface area contributed by atoms with Gasteiger partial charge in [0.05, 0.1) is 10.9 Å². The lowest BCUT2D eigenvalue weighted by atomic mass is 10.0. The lowest BCUT2D eigenvalue weighted by Gasteiger charge is -2.01. The number of hydrogen-bond donors (Lipinski definition) is 2. The van der Waals surface area contributed by atoms with Crippen LogP contribution in [0.5, 0.6) is 0 Å². The van der Waals surface area contributed by atoms with Crippen molar-refractivity contribution in [1.82, 2.24) is 9.97 Å². The summed E-state index contributed by atoms with van der Waals surface area (Å²) in [4.78, 5) is 18.4. The van der Waals surface area contributed by atoms with E-state index in [9.17, 15) is 4.79 Å². The topological polar surface area (TPSA) is 48.6 Å². The molecule has 0 atom stereocenters. The SMILES string of the molecule is CCc1c(-c2ccccc2)[nH]c2cc(C)[nH]c(=O)c12. The second-order valence-corrected chi connectivity index (χ2v) is 4.77. The summed E-state index contributed by atoms with van der Waals surface area (Å²) >= 11 is 0. The third-order valence-electron chi connectivity index (χ3n) is 3.45. The van der Waals surface area contributed by atoms with Crippen LogP contribution < -0.4 is 5.56 Å². The fourth-order valence-corrected chi connectivity index (χ4v) is 2.63. The van der Waals surface area contributed by atoms with E-state index >= 15 is 0 Å². The van der Waals surface area contributed by atoms with Crippen molar-refractivity contribution in [3.05, 3.63) is 58.0 Å². The molecule has 0 fully saturated rings. The van der Waals surface area contributed by atoms with E-state index in [1.165, 1.54) is 0 Å². The van der Waals surface area contributed by atoms with E-state index in [4.69, 9.17) is 0 Å². The van der Waals surface area contributed by atoms with Crippen LogP contribution in [0.2, 0.25) is 0 Å². The molecule has 3 nitrogen and oxygen atoms in total. The lowest BCUT2D eigenvalue weighted by Crippen LogP contribution is -2.07. The predicted octanol–water partition coefficient (Wildman–Crippen LogP) is 3.39. The van der Waals surface area contributed by atoms with Crippen LogP contribution in [0.4, 0.5) is 0 Å². The fraction of sp³-hybridized carbons (Fsp3) is 0.188. The Morgan fingerprint density at radius 3 is 2.53 bits per heavy atom. The van der Waals surface area contributed by atoms with Gasteiger partial charge >= 0.3 is 0 Å². The quantitative estimate of drug-likeness (QED) is 0.721. The fourth-order valence-electron chi connectivity index (χ4n) is 2.63. The first kappa shape index (κ1) is 11.8. The first-order valence-electron chi connectivity index (χ1n) is 6.50. The Morgan fingerprint density at radius 2 is 1.84 bits per heavy atom. The molecular weight excluding hydrogens is 236 g/mol. The zero-order chi connectivity index (χ0) is 13.4. The molecule has 3 heteroatoms. The third-order valence-corrected chi connectivity index (χ3v) is 3.45. The summed E-state index contributed by atoms with van der Waals surface area (Å²) in [5, 5.41) is 0.784. The molecule has 0 radical (unpaired) electrons. The molecule has 1 aromatic carbocycles. The minimum absolute atomic E-state index is 0.00900. The normalized spacial score (nSPS) is 11.1. The van der Waals surface area contributed by atoms with Gasteiger partial charge in [0.2, 0.25) is 0 Å². The van der Waals surface area contributed by atoms with E-state index in [1.54, 1.807) is 0 Å². The predicted molar refractivity (Wildman–Crippen MR) is 78.5 cm³/mol. The van der Waals surface area contributed by atoms with Gasteiger partial charge in [-0.25, -0.2) is 0 Å². The highest BCUT2D eigenvalue weighted by Gasteiger charge is 2.14. The molecule has 2 aromatic heterocycles. The Hall–Kier alpha value is -2.29. The molecule has 0 saturated heterocycles. The summed E-state index contributed by atoms with van der Waals surface area (Å²) in [6.45, 7) is 3.98. The zero-order valence-electron chi connectivity index (χ0n) is 11.1. The molecule has 0 aliphatic rings. The van der Waals surface area contributed by atoms with Gasteiger partial charge in [-0.15, -0.1) is 0 Å². The van der Waals surface area contributed by atoms with Gasteiger partial charge in [0.25, 0.3) is 5.56 Å². The van der Waals surface area contributed by atoms with Crippen molar-refractivity contribution in [3.63, 3.8) is 0 Å². The van der Waals surface area contributed by atoms with Crippen molar-refractivity contribution < 1.29 is 0 Å². The Labute approximate surface area is 111 Å². The smallest absolute Gasteiger partial charge is 0.257 e. The Kier molecular flexibility index (Phi) is 2.75. The summed E-state index contributed by atoms with van der Waals surface area (Å²) in [5.74, 6) is 0. The molecule has 0 aliphatic carbocycles. The van der Waals surface area contributed by atoms with Crippen molar-refractivity contribution in [1.29, 1.82) is 0 Å². The third kappa shape index (κ3) is 1.87. The van der Waals surface area contributed by atoms with E-state index in [0.717, 1.165) is 39.8 Å². The number of aromatic nitrogens is 2. The van der Waals surface area contributed by atoms with Crippen molar-refractivity contribution >= 4 is 10.9 Å². The Morgan fingerprint density at radius 1 is 1.11 bits per heavy atom. The number of rotatable bonds is 2. The average molecular weight is 252 g/mol. The molecule has 2 N–H and O–H groups in total. The average Bonchev–Trinajstić information content (AvgIpc) is 2.78. The minimum atomic E-state index is -0.00900. The summed E-state index contributed by atoms with van der Waals surface area (Å²) in [6.07, 6.45) is 0.830. The molecule has 3 aromatic rings. The second-order valence-electron chi connectivity index (χ2n) is 4.77. The van der Waals surface area contributed by atoms with Gasteiger partial charge < -0.3 is 9.97 Å². The number of aromatic amines is 2. The van der Waals surface area contributed by atoms with Crippen LogP contribution in [0, 0.1) is 6.92 Å². The molecule has 0 unspecified atom stereocenters. The molecule has 96 valence electrons. The van der Waals surface area contributed by atoms with Crippen molar-refractivity contribution in [3.8, 4) is 11.3 Å². The Bertz CT molecular complexity index is 782. The van der Waals surface area contributed by atoms with Gasteiger partial charge in [0.15, 0.2) is 0 Å². The van der Waals surface area contributed by atoms with Crippen LogP contribution in [-0.2, 0) is 6.42 Å². The summed E-state index contributed by atoms with van der Waals surface area (Å²) in [7, 11) is 0. The van der Waals surface area contributed by atoms with Crippen molar-refractivity contribution in [2.24, 2.45) is 0 Å². The van der Waals surface area contributed by atoms with E-state index in [0.29, 0.717) is 0 Å². The first-order valence-corrected chi connectivity index (χ1v) is 6.50.